The predicted molar refractivity (Wildman–Crippen MR) is 92.0 cm³/mol. The van der Waals surface area contributed by atoms with Crippen molar-refractivity contribution in [2.24, 2.45) is 11.8 Å². The maximum absolute atomic E-state index is 12.4. The third-order valence-corrected chi connectivity index (χ3v) is 6.04. The topological polar surface area (TPSA) is 70.6 Å². The molecule has 4 aliphatic carbocycles. The minimum Gasteiger partial charge on any atom is -0.495 e. The highest BCUT2D eigenvalue weighted by Gasteiger charge is 2.56. The van der Waals surface area contributed by atoms with Crippen LogP contribution >= 0.6 is 0 Å². The number of carbonyl (C=O) groups excluding carboxylic acids is 1. The molecule has 5 heteroatoms. The van der Waals surface area contributed by atoms with E-state index in [1.165, 1.54) is 6.42 Å². The summed E-state index contributed by atoms with van der Waals surface area (Å²) >= 11 is 0. The molecule has 4 aliphatic rings. The van der Waals surface area contributed by atoms with Gasteiger partial charge in [0.05, 0.1) is 24.9 Å². The molecule has 1 amide bonds. The van der Waals surface area contributed by atoms with Crippen molar-refractivity contribution in [2.75, 3.05) is 19.0 Å². The molecule has 0 aliphatic heterocycles. The zero-order valence-corrected chi connectivity index (χ0v) is 14.2. The van der Waals surface area contributed by atoms with Gasteiger partial charge in [0.2, 0.25) is 5.91 Å². The maximum atomic E-state index is 12.4. The van der Waals surface area contributed by atoms with Crippen molar-refractivity contribution in [1.29, 1.82) is 0 Å². The number of anilines is 1. The first-order chi connectivity index (χ1) is 11.5. The van der Waals surface area contributed by atoms with Gasteiger partial charge >= 0.3 is 0 Å². The van der Waals surface area contributed by atoms with Crippen molar-refractivity contribution in [3.8, 4) is 5.75 Å². The Balaban J connectivity index is 1.39. The van der Waals surface area contributed by atoms with Crippen LogP contribution in [0.5, 0.6) is 5.75 Å². The lowest BCUT2D eigenvalue weighted by Crippen LogP contribution is -2.65. The standard InChI is InChI=1S/C19H26N2O3/c1-24-16-5-3-2-4-15(16)21-17(22)11-20-18-7-13-6-14(8-18)10-19(23,9-13)12-18/h2-5,13-14,20,23H,6-12H2,1H3,(H,21,22). The van der Waals surface area contributed by atoms with Gasteiger partial charge in [-0.2, -0.15) is 0 Å². The Morgan fingerprint density at radius 1 is 1.25 bits per heavy atom. The number of hydrogen-bond acceptors (Lipinski definition) is 4. The molecule has 5 rings (SSSR count). The SMILES string of the molecule is COc1ccccc1NC(=O)CNC12CC3CC(CC(O)(C3)C1)C2. The minimum absolute atomic E-state index is 0.0586. The third-order valence-electron chi connectivity index (χ3n) is 6.04. The second kappa shape index (κ2) is 5.74. The fourth-order valence-electron chi connectivity index (χ4n) is 5.63. The van der Waals surface area contributed by atoms with Crippen molar-refractivity contribution in [2.45, 2.75) is 49.7 Å². The monoisotopic (exact) mass is 330 g/mol. The smallest absolute Gasteiger partial charge is 0.238 e. The van der Waals surface area contributed by atoms with Crippen LogP contribution in [0.25, 0.3) is 0 Å². The van der Waals surface area contributed by atoms with Crippen molar-refractivity contribution in [3.63, 3.8) is 0 Å². The number of aliphatic hydroxyl groups is 1. The summed E-state index contributed by atoms with van der Waals surface area (Å²) in [5.41, 5.74) is 0.128. The Hall–Kier alpha value is -1.59. The largest absolute Gasteiger partial charge is 0.495 e. The van der Waals surface area contributed by atoms with E-state index in [0.717, 1.165) is 32.1 Å². The van der Waals surface area contributed by atoms with E-state index in [1.807, 2.05) is 24.3 Å². The van der Waals surface area contributed by atoms with Gasteiger partial charge in [0.1, 0.15) is 5.75 Å². The lowest BCUT2D eigenvalue weighted by atomic mass is 9.51. The van der Waals surface area contributed by atoms with Crippen LogP contribution in [0.1, 0.15) is 38.5 Å². The van der Waals surface area contributed by atoms with Crippen LogP contribution in [0.3, 0.4) is 0 Å². The zero-order valence-electron chi connectivity index (χ0n) is 14.2. The van der Waals surface area contributed by atoms with Crippen LogP contribution in [0, 0.1) is 11.8 Å². The fourth-order valence-corrected chi connectivity index (χ4v) is 5.63. The van der Waals surface area contributed by atoms with Crippen molar-refractivity contribution < 1.29 is 14.6 Å². The first-order valence-corrected chi connectivity index (χ1v) is 8.90. The molecule has 2 unspecified atom stereocenters. The van der Waals surface area contributed by atoms with Crippen LogP contribution in [0.2, 0.25) is 0 Å². The van der Waals surface area contributed by atoms with Crippen LogP contribution in [0.4, 0.5) is 5.69 Å². The molecule has 3 N–H and O–H groups in total. The van der Waals surface area contributed by atoms with Gasteiger partial charge in [-0.3, -0.25) is 4.79 Å². The zero-order chi connectivity index (χ0) is 16.8. The summed E-state index contributed by atoms with van der Waals surface area (Å²) in [5, 5.41) is 17.2. The molecule has 0 saturated heterocycles. The Kier molecular flexibility index (Phi) is 3.81. The Morgan fingerprint density at radius 2 is 1.96 bits per heavy atom. The van der Waals surface area contributed by atoms with E-state index in [4.69, 9.17) is 4.74 Å². The van der Waals surface area contributed by atoms with Gasteiger partial charge in [0, 0.05) is 5.54 Å². The first-order valence-electron chi connectivity index (χ1n) is 8.90. The van der Waals surface area contributed by atoms with Crippen LogP contribution in [-0.4, -0.2) is 35.8 Å². The summed E-state index contributed by atoms with van der Waals surface area (Å²) < 4.78 is 5.27. The molecule has 2 atom stereocenters. The van der Waals surface area contributed by atoms with Crippen LogP contribution in [0.15, 0.2) is 24.3 Å². The van der Waals surface area contributed by atoms with Gasteiger partial charge in [0.25, 0.3) is 0 Å². The third kappa shape index (κ3) is 2.91. The van der Waals surface area contributed by atoms with E-state index < -0.39 is 5.60 Å². The second-order valence-electron chi connectivity index (χ2n) is 8.07. The summed E-state index contributed by atoms with van der Waals surface area (Å²) in [6.45, 7) is 0.271. The molecule has 0 aromatic heterocycles. The van der Waals surface area contributed by atoms with Gasteiger partial charge in [-0.05, 0) is 62.5 Å². The number of methoxy groups -OCH3 is 1. The molecule has 0 heterocycles. The highest BCUT2D eigenvalue weighted by Crippen LogP contribution is 2.57. The quantitative estimate of drug-likeness (QED) is 0.775. The Bertz CT molecular complexity index is 631. The lowest BCUT2D eigenvalue weighted by molar-refractivity contribution is -0.144. The van der Waals surface area contributed by atoms with E-state index in [-0.39, 0.29) is 18.0 Å². The number of ether oxygens (including phenoxy) is 1. The Morgan fingerprint density at radius 3 is 2.62 bits per heavy atom. The fraction of sp³-hybridized carbons (Fsp3) is 0.632. The molecule has 1 aromatic rings. The van der Waals surface area contributed by atoms with Crippen LogP contribution in [-0.2, 0) is 4.79 Å². The first kappa shape index (κ1) is 15.9. The van der Waals surface area contributed by atoms with E-state index in [0.29, 0.717) is 23.3 Å². The van der Waals surface area contributed by atoms with Crippen LogP contribution < -0.4 is 15.4 Å². The lowest BCUT2D eigenvalue weighted by Gasteiger charge is -2.60. The molecule has 1 aromatic carbocycles. The molecule has 4 fully saturated rings. The normalized spacial score (nSPS) is 36.6. The van der Waals surface area contributed by atoms with Crippen molar-refractivity contribution in [1.82, 2.24) is 5.32 Å². The van der Waals surface area contributed by atoms with Gasteiger partial charge in [-0.15, -0.1) is 0 Å². The number of benzene rings is 1. The highest BCUT2D eigenvalue weighted by molar-refractivity contribution is 5.93. The van der Waals surface area contributed by atoms with E-state index in [2.05, 4.69) is 10.6 Å². The number of para-hydroxylation sites is 2. The van der Waals surface area contributed by atoms with E-state index in [9.17, 15) is 9.90 Å². The number of amides is 1. The predicted octanol–water partition coefficient (Wildman–Crippen LogP) is 2.31. The average Bonchev–Trinajstić information content (AvgIpc) is 2.51. The maximum Gasteiger partial charge on any atom is 0.238 e. The number of nitrogens with one attached hydrogen (secondary N) is 2. The molecule has 0 spiro atoms. The Labute approximate surface area is 142 Å². The molecule has 4 bridgehead atoms. The molecule has 0 radical (unpaired) electrons. The molecule has 130 valence electrons. The molecule has 4 saturated carbocycles. The number of rotatable bonds is 5. The summed E-state index contributed by atoms with van der Waals surface area (Å²) in [7, 11) is 1.60. The van der Waals surface area contributed by atoms with Crippen molar-refractivity contribution in [3.05, 3.63) is 24.3 Å². The van der Waals surface area contributed by atoms with Gasteiger partial charge in [-0.1, -0.05) is 12.1 Å². The van der Waals surface area contributed by atoms with Gasteiger partial charge in [-0.25, -0.2) is 0 Å². The second-order valence-corrected chi connectivity index (χ2v) is 8.07. The number of carbonyl (C=O) groups is 1. The number of hydrogen-bond donors (Lipinski definition) is 3. The van der Waals surface area contributed by atoms with E-state index in [1.54, 1.807) is 7.11 Å². The minimum atomic E-state index is -0.504. The molecular formula is C19H26N2O3. The van der Waals surface area contributed by atoms with Gasteiger partial charge < -0.3 is 20.5 Å². The van der Waals surface area contributed by atoms with Crippen molar-refractivity contribution >= 4 is 11.6 Å². The summed E-state index contributed by atoms with van der Waals surface area (Å²) in [4.78, 5) is 12.4. The summed E-state index contributed by atoms with van der Waals surface area (Å²) in [6, 6.07) is 7.42. The average molecular weight is 330 g/mol. The molecule has 5 nitrogen and oxygen atoms in total. The van der Waals surface area contributed by atoms with Gasteiger partial charge in [0.15, 0.2) is 0 Å². The summed E-state index contributed by atoms with van der Waals surface area (Å²) in [6.07, 6.45) is 6.11. The molecule has 24 heavy (non-hydrogen) atoms. The molecular weight excluding hydrogens is 304 g/mol. The highest BCUT2D eigenvalue weighted by atomic mass is 16.5. The van der Waals surface area contributed by atoms with E-state index >= 15 is 0 Å². The summed E-state index contributed by atoms with van der Waals surface area (Å²) in [5.74, 6) is 1.82.